The second-order valence-corrected chi connectivity index (χ2v) is 9.00. The quantitative estimate of drug-likeness (QED) is 0.378. The number of imide groups is 1. The average Bonchev–Trinajstić information content (AvgIpc) is 3.49. The van der Waals surface area contributed by atoms with Crippen LogP contribution in [0.15, 0.2) is 60.8 Å². The van der Waals surface area contributed by atoms with Crippen LogP contribution >= 0.6 is 11.6 Å². The third-order valence-corrected chi connectivity index (χ3v) is 6.56. The SMILES string of the molecule is Cn1cccc1C(=O)NC(=O)COC(=O)c1c2c(nc3ccccc13)/C(=C/c1c(F)cccc1Cl)CC2. The molecule has 0 saturated heterocycles. The summed E-state index contributed by atoms with van der Waals surface area (Å²) < 4.78 is 21.3. The zero-order valence-corrected chi connectivity index (χ0v) is 20.5. The highest BCUT2D eigenvalue weighted by Crippen LogP contribution is 2.38. The molecule has 1 N–H and O–H groups in total. The number of halogens is 2. The molecule has 4 aromatic rings. The Morgan fingerprint density at radius 2 is 1.92 bits per heavy atom. The molecule has 1 aliphatic carbocycles. The van der Waals surface area contributed by atoms with Crippen LogP contribution in [-0.2, 0) is 23.0 Å². The Bertz CT molecular complexity index is 1590. The minimum absolute atomic E-state index is 0.255. The molecule has 7 nitrogen and oxygen atoms in total. The highest BCUT2D eigenvalue weighted by Gasteiger charge is 2.28. The zero-order valence-electron chi connectivity index (χ0n) is 19.8. The first-order valence-electron chi connectivity index (χ1n) is 11.5. The van der Waals surface area contributed by atoms with E-state index in [-0.39, 0.29) is 10.6 Å². The molecule has 1 aliphatic rings. The van der Waals surface area contributed by atoms with Crippen LogP contribution in [0.25, 0.3) is 22.6 Å². The molecule has 186 valence electrons. The van der Waals surface area contributed by atoms with Gasteiger partial charge in [-0.3, -0.25) is 14.9 Å². The van der Waals surface area contributed by atoms with Crippen LogP contribution in [-0.4, -0.2) is 33.9 Å². The Morgan fingerprint density at radius 1 is 1.11 bits per heavy atom. The van der Waals surface area contributed by atoms with E-state index in [2.05, 4.69) is 5.32 Å². The van der Waals surface area contributed by atoms with Crippen molar-refractivity contribution in [2.45, 2.75) is 12.8 Å². The van der Waals surface area contributed by atoms with Gasteiger partial charge in [-0.05, 0) is 60.4 Å². The number of esters is 1. The molecule has 37 heavy (non-hydrogen) atoms. The van der Waals surface area contributed by atoms with E-state index in [1.54, 1.807) is 66.4 Å². The Morgan fingerprint density at radius 3 is 2.68 bits per heavy atom. The number of nitrogens with one attached hydrogen (secondary N) is 1. The summed E-state index contributed by atoms with van der Waals surface area (Å²) in [6.07, 6.45) is 4.34. The molecule has 2 heterocycles. The first kappa shape index (κ1) is 24.4. The molecular formula is C28H21ClFN3O4. The summed E-state index contributed by atoms with van der Waals surface area (Å²) in [5.41, 5.74) is 3.37. The van der Waals surface area contributed by atoms with Crippen LogP contribution in [0.3, 0.4) is 0 Å². The van der Waals surface area contributed by atoms with E-state index in [0.29, 0.717) is 46.3 Å². The molecule has 2 aromatic heterocycles. The number of carbonyl (C=O) groups is 3. The van der Waals surface area contributed by atoms with Gasteiger partial charge in [0.2, 0.25) is 0 Å². The number of rotatable bonds is 5. The van der Waals surface area contributed by atoms with Gasteiger partial charge in [-0.1, -0.05) is 35.9 Å². The number of para-hydroxylation sites is 1. The van der Waals surface area contributed by atoms with Crippen molar-refractivity contribution in [3.63, 3.8) is 0 Å². The highest BCUT2D eigenvalue weighted by atomic mass is 35.5. The van der Waals surface area contributed by atoms with Crippen molar-refractivity contribution in [2.24, 2.45) is 7.05 Å². The molecule has 0 spiro atoms. The maximum absolute atomic E-state index is 14.4. The second kappa shape index (κ2) is 9.99. The summed E-state index contributed by atoms with van der Waals surface area (Å²) >= 11 is 6.22. The van der Waals surface area contributed by atoms with E-state index in [1.807, 2.05) is 0 Å². The minimum atomic E-state index is -0.746. The number of fused-ring (bicyclic) bond motifs is 2. The third-order valence-electron chi connectivity index (χ3n) is 6.23. The number of amides is 2. The van der Waals surface area contributed by atoms with Crippen molar-refractivity contribution in [1.29, 1.82) is 0 Å². The molecule has 0 aliphatic heterocycles. The van der Waals surface area contributed by atoms with Gasteiger partial charge >= 0.3 is 5.97 Å². The monoisotopic (exact) mass is 517 g/mol. The van der Waals surface area contributed by atoms with Gasteiger partial charge in [0.05, 0.1) is 21.8 Å². The van der Waals surface area contributed by atoms with E-state index in [4.69, 9.17) is 21.3 Å². The fourth-order valence-corrected chi connectivity index (χ4v) is 4.68. The first-order valence-corrected chi connectivity index (χ1v) is 11.9. The van der Waals surface area contributed by atoms with Crippen LogP contribution in [0, 0.1) is 5.82 Å². The van der Waals surface area contributed by atoms with Crippen molar-refractivity contribution in [1.82, 2.24) is 14.9 Å². The van der Waals surface area contributed by atoms with Gasteiger partial charge in [0.25, 0.3) is 11.8 Å². The Kier molecular flexibility index (Phi) is 6.58. The predicted molar refractivity (Wildman–Crippen MR) is 138 cm³/mol. The topological polar surface area (TPSA) is 90.3 Å². The van der Waals surface area contributed by atoms with Gasteiger partial charge in [-0.2, -0.15) is 0 Å². The van der Waals surface area contributed by atoms with Gasteiger partial charge in [0, 0.05) is 24.2 Å². The fraction of sp³-hybridized carbons (Fsp3) is 0.143. The van der Waals surface area contributed by atoms with Crippen LogP contribution in [0.1, 0.15) is 44.1 Å². The molecule has 0 bridgehead atoms. The Balaban J connectivity index is 1.43. The number of hydrogen-bond acceptors (Lipinski definition) is 5. The van der Waals surface area contributed by atoms with Gasteiger partial charge in [0.1, 0.15) is 11.5 Å². The number of ether oxygens (including phenoxy) is 1. The van der Waals surface area contributed by atoms with Crippen molar-refractivity contribution in [3.05, 3.63) is 99.7 Å². The summed E-state index contributed by atoms with van der Waals surface area (Å²) in [5.74, 6) is -2.50. The maximum Gasteiger partial charge on any atom is 0.339 e. The second-order valence-electron chi connectivity index (χ2n) is 8.59. The molecule has 2 amide bonds. The maximum atomic E-state index is 14.4. The summed E-state index contributed by atoms with van der Waals surface area (Å²) in [6.45, 7) is -0.631. The van der Waals surface area contributed by atoms with Crippen LogP contribution in [0.5, 0.6) is 0 Å². The third kappa shape index (κ3) is 4.75. The van der Waals surface area contributed by atoms with Crippen molar-refractivity contribution in [2.75, 3.05) is 6.61 Å². The molecule has 0 fully saturated rings. The average molecular weight is 518 g/mol. The summed E-state index contributed by atoms with van der Waals surface area (Å²) in [5, 5.41) is 3.07. The Labute approximate surface area is 216 Å². The van der Waals surface area contributed by atoms with Crippen LogP contribution in [0.2, 0.25) is 5.02 Å². The summed E-state index contributed by atoms with van der Waals surface area (Å²) in [7, 11) is 1.68. The number of allylic oxidation sites excluding steroid dienone is 1. The van der Waals surface area contributed by atoms with E-state index < -0.39 is 30.2 Å². The molecule has 0 unspecified atom stereocenters. The van der Waals surface area contributed by atoms with Crippen molar-refractivity contribution >= 4 is 51.9 Å². The van der Waals surface area contributed by atoms with Gasteiger partial charge in [-0.25, -0.2) is 14.2 Å². The van der Waals surface area contributed by atoms with Gasteiger partial charge in [-0.15, -0.1) is 0 Å². The summed E-state index contributed by atoms with van der Waals surface area (Å²) in [4.78, 5) is 42.6. The number of pyridine rings is 1. The van der Waals surface area contributed by atoms with E-state index in [1.165, 1.54) is 12.1 Å². The van der Waals surface area contributed by atoms with E-state index >= 15 is 0 Å². The minimum Gasteiger partial charge on any atom is -0.452 e. The normalized spacial score (nSPS) is 13.5. The van der Waals surface area contributed by atoms with Crippen molar-refractivity contribution < 1.29 is 23.5 Å². The zero-order chi connectivity index (χ0) is 26.1. The number of aromatic nitrogens is 2. The molecule has 0 radical (unpaired) electrons. The highest BCUT2D eigenvalue weighted by molar-refractivity contribution is 6.32. The van der Waals surface area contributed by atoms with Gasteiger partial charge < -0.3 is 9.30 Å². The predicted octanol–water partition coefficient (Wildman–Crippen LogP) is 4.97. The lowest BCUT2D eigenvalue weighted by atomic mass is 10.0. The molecule has 2 aromatic carbocycles. The summed E-state index contributed by atoms with van der Waals surface area (Å²) in [6, 6.07) is 14.8. The number of carbonyl (C=O) groups excluding carboxylic acids is 3. The number of benzene rings is 2. The fourth-order valence-electron chi connectivity index (χ4n) is 4.46. The number of aryl methyl sites for hydroxylation is 1. The molecule has 9 heteroatoms. The number of nitrogens with zero attached hydrogens (tertiary/aromatic N) is 2. The lowest BCUT2D eigenvalue weighted by Gasteiger charge is -2.12. The van der Waals surface area contributed by atoms with E-state index in [0.717, 1.165) is 5.57 Å². The lowest BCUT2D eigenvalue weighted by Crippen LogP contribution is -2.35. The van der Waals surface area contributed by atoms with Gasteiger partial charge in [0.15, 0.2) is 6.61 Å². The standard InChI is InChI=1S/C28H21ClFN3O4/c1-33-13-5-10-23(33)27(35)32-24(34)15-37-28(36)25-17-6-2-3-9-22(17)31-26-16(11-12-18(25)26)14-19-20(29)7-4-8-21(19)30/h2-10,13-14H,11-12,15H2,1H3,(H,32,34,35)/b16-14+. The number of hydrogen-bond donors (Lipinski definition) is 1. The first-order chi connectivity index (χ1) is 17.8. The van der Waals surface area contributed by atoms with E-state index in [9.17, 15) is 18.8 Å². The Hall–Kier alpha value is -4.30. The van der Waals surface area contributed by atoms with Crippen LogP contribution < -0.4 is 5.32 Å². The molecular weight excluding hydrogens is 497 g/mol. The van der Waals surface area contributed by atoms with Crippen molar-refractivity contribution in [3.8, 4) is 0 Å². The molecule has 0 atom stereocenters. The molecule has 5 rings (SSSR count). The lowest BCUT2D eigenvalue weighted by molar-refractivity contribution is -0.123. The smallest absolute Gasteiger partial charge is 0.339 e. The largest absolute Gasteiger partial charge is 0.452 e. The van der Waals surface area contributed by atoms with Crippen LogP contribution in [0.4, 0.5) is 4.39 Å². The molecule has 0 saturated carbocycles.